The number of rotatable bonds is 8. The van der Waals surface area contributed by atoms with Gasteiger partial charge in [0.15, 0.2) is 0 Å². The zero-order chi connectivity index (χ0) is 45.1. The Hall–Kier alpha value is -2.81. The number of ether oxygens (including phenoxy) is 2. The van der Waals surface area contributed by atoms with Crippen LogP contribution in [0.2, 0.25) is 0 Å². The quantitative estimate of drug-likeness (QED) is 0.0786. The van der Waals surface area contributed by atoms with Gasteiger partial charge in [0.2, 0.25) is 0 Å². The third kappa shape index (κ3) is 17.0. The van der Waals surface area contributed by atoms with E-state index < -0.39 is 28.2 Å². The Balaban J connectivity index is 0.000000566. The summed E-state index contributed by atoms with van der Waals surface area (Å²) in [6.45, 7) is 28.1. The molecule has 0 aliphatic rings. The Bertz CT molecular complexity index is 2040. The summed E-state index contributed by atoms with van der Waals surface area (Å²) in [6, 6.07) is 25.1. The van der Waals surface area contributed by atoms with Gasteiger partial charge in [0.1, 0.15) is 11.5 Å². The van der Waals surface area contributed by atoms with Gasteiger partial charge in [-0.15, -0.1) is 0 Å². The van der Waals surface area contributed by atoms with Crippen molar-refractivity contribution in [3.05, 3.63) is 89.5 Å². The van der Waals surface area contributed by atoms with E-state index in [0.29, 0.717) is 30.3 Å². The first-order valence-electron chi connectivity index (χ1n) is 19.0. The molecule has 0 heterocycles. The molecule has 0 bridgehead atoms. The van der Waals surface area contributed by atoms with Gasteiger partial charge in [-0.2, -0.15) is 0 Å². The van der Waals surface area contributed by atoms with Gasteiger partial charge in [0.25, 0.3) is 0 Å². The molecule has 0 radical (unpaired) electrons. The van der Waals surface area contributed by atoms with Gasteiger partial charge >= 0.3 is 94.3 Å². The molecule has 4 rings (SSSR count). The normalized spacial score (nSPS) is 12.0. The van der Waals surface area contributed by atoms with Gasteiger partial charge in [-0.25, -0.2) is 16.8 Å². The first kappa shape index (κ1) is 53.2. The van der Waals surface area contributed by atoms with Crippen LogP contribution in [0.4, 0.5) is 5.69 Å². The molecule has 0 amide bonds. The van der Waals surface area contributed by atoms with E-state index in [1.807, 2.05) is 49.6 Å². The van der Waals surface area contributed by atoms with E-state index in [0.717, 1.165) is 32.3 Å². The van der Waals surface area contributed by atoms with Crippen molar-refractivity contribution in [1.82, 2.24) is 0 Å². The van der Waals surface area contributed by atoms with Crippen molar-refractivity contribution in [2.24, 2.45) is 0 Å². The molecule has 0 aromatic heterocycles. The molecular weight excluding hydrogens is 884 g/mol. The van der Waals surface area contributed by atoms with Crippen molar-refractivity contribution in [3.8, 4) is 33.8 Å². The molecular formula is C45H65NO8PPdS2. The molecule has 4 aromatic rings. The molecule has 325 valence electrons. The van der Waals surface area contributed by atoms with Crippen LogP contribution >= 0.6 is 7.92 Å². The monoisotopic (exact) mass is 948 g/mol. The van der Waals surface area contributed by atoms with Crippen LogP contribution in [0.15, 0.2) is 72.8 Å². The minimum absolute atomic E-state index is 0.0931. The van der Waals surface area contributed by atoms with Gasteiger partial charge in [-0.3, -0.25) is 0 Å². The van der Waals surface area contributed by atoms with Crippen molar-refractivity contribution in [2.45, 2.75) is 111 Å². The summed E-state index contributed by atoms with van der Waals surface area (Å²) in [6.07, 6.45) is 1.21. The van der Waals surface area contributed by atoms with E-state index in [1.54, 1.807) is 7.11 Å². The summed E-state index contributed by atoms with van der Waals surface area (Å²) < 4.78 is 67.8. The van der Waals surface area contributed by atoms with Crippen LogP contribution in [0, 0.1) is 0 Å². The van der Waals surface area contributed by atoms with Gasteiger partial charge in [-0.05, 0) is 62.5 Å². The topological polar surface area (TPSA) is 159 Å². The predicted molar refractivity (Wildman–Crippen MR) is 240 cm³/mol. The zero-order valence-corrected chi connectivity index (χ0v) is 41.2. The van der Waals surface area contributed by atoms with E-state index >= 15 is 0 Å². The first-order valence-corrected chi connectivity index (χ1v) is 24.7. The van der Waals surface area contributed by atoms with E-state index in [1.165, 1.54) is 33.1 Å². The average molecular weight is 950 g/mol. The molecule has 0 saturated heterocycles. The molecule has 9 nitrogen and oxygen atoms in total. The Morgan fingerprint density at radius 2 is 1.00 bits per heavy atom. The minimum atomic E-state index is -3.92. The predicted octanol–water partition coefficient (Wildman–Crippen LogP) is 9.88. The molecule has 0 saturated carbocycles. The molecule has 4 aromatic carbocycles. The summed E-state index contributed by atoms with van der Waals surface area (Å²) in [7, 11) is -4.84. The molecule has 13 heteroatoms. The average Bonchev–Trinajstić information content (AvgIpc) is 3.05. The van der Waals surface area contributed by atoms with Crippen molar-refractivity contribution >= 4 is 43.2 Å². The molecule has 0 aliphatic heterocycles. The van der Waals surface area contributed by atoms with Crippen LogP contribution in [0.1, 0.15) is 118 Å². The number of anilines is 1. The van der Waals surface area contributed by atoms with Gasteiger partial charge in [0, 0.05) is 23.4 Å². The number of methoxy groups -OCH3 is 2. The van der Waals surface area contributed by atoms with E-state index in [9.17, 15) is 0 Å². The molecule has 0 unspecified atom stereocenters. The molecule has 0 spiro atoms. The number of nitrogens with two attached hydrogens (primary N) is 1. The summed E-state index contributed by atoms with van der Waals surface area (Å²) in [5, 5.41) is 1.52. The Morgan fingerprint density at radius 3 is 1.34 bits per heavy atom. The second kappa shape index (κ2) is 22.2. The summed E-state index contributed by atoms with van der Waals surface area (Å²) in [5.41, 5.74) is 15.7. The Kier molecular flexibility index (Phi) is 20.3. The van der Waals surface area contributed by atoms with Crippen molar-refractivity contribution < 1.29 is 54.6 Å². The summed E-state index contributed by atoms with van der Waals surface area (Å²) >= 11 is 3.23. The second-order valence-electron chi connectivity index (χ2n) is 16.9. The zero-order valence-electron chi connectivity index (χ0n) is 37.1. The van der Waals surface area contributed by atoms with Crippen molar-refractivity contribution in [2.75, 3.05) is 32.5 Å². The van der Waals surface area contributed by atoms with Crippen molar-refractivity contribution in [3.63, 3.8) is 0 Å². The number of hydrogen-bond acceptors (Lipinski definition) is 9. The van der Waals surface area contributed by atoms with Crippen molar-refractivity contribution in [1.29, 1.82) is 0 Å². The molecule has 0 atom stereocenters. The van der Waals surface area contributed by atoms with Crippen LogP contribution in [-0.2, 0) is 39.4 Å². The fourth-order valence-electron chi connectivity index (χ4n) is 6.68. The number of hydrogen-bond donors (Lipinski definition) is 1. The molecule has 58 heavy (non-hydrogen) atoms. The van der Waals surface area contributed by atoms with Crippen LogP contribution in [-0.4, -0.2) is 63.0 Å². The van der Waals surface area contributed by atoms with E-state index in [4.69, 9.17) is 41.1 Å². The maximum atomic E-state index is 9.08. The molecule has 0 fully saturated rings. The van der Waals surface area contributed by atoms with E-state index in [2.05, 4.69) is 133 Å². The van der Waals surface area contributed by atoms with E-state index in [-0.39, 0.29) is 10.3 Å². The van der Waals surface area contributed by atoms with Gasteiger partial charge in [0.05, 0.1) is 34.5 Å². The third-order valence-corrected chi connectivity index (χ3v) is 12.8. The molecule has 2 N–H and O–H groups in total. The first-order chi connectivity index (χ1) is 26.3. The van der Waals surface area contributed by atoms with Crippen LogP contribution in [0.5, 0.6) is 11.5 Å². The third-order valence-electron chi connectivity index (χ3n) is 8.59. The van der Waals surface area contributed by atoms with Gasteiger partial charge < -0.3 is 18.6 Å². The molecule has 0 aliphatic carbocycles. The van der Waals surface area contributed by atoms with Gasteiger partial charge in [-0.1, -0.05) is 103 Å². The number of para-hydroxylation sites is 1. The fourth-order valence-corrected chi connectivity index (χ4v) is 11.4. The van der Waals surface area contributed by atoms with Crippen LogP contribution in [0.3, 0.4) is 0 Å². The summed E-state index contributed by atoms with van der Waals surface area (Å²) in [4.78, 5) is 0. The number of benzene rings is 4. The summed E-state index contributed by atoms with van der Waals surface area (Å²) in [5.74, 6) is 3.19. The SMILES string of the molecule is COc1ccc(OC)c(P(C(C)(C)C)C(C)(C)C)c1-c1c(C(C)C)cc(C(C)C)cc1C(C)C.CS(=O)(=O)[O-].CS(=O)(=O)[O-].Nc1ccccc1-c1cccc[c]1[Pd+2]. The van der Waals surface area contributed by atoms with Crippen LogP contribution < -0.4 is 24.5 Å². The van der Waals surface area contributed by atoms with Crippen LogP contribution in [0.25, 0.3) is 22.3 Å². The standard InChI is InChI=1S/C31H49O2P.C12H10N.2CH4O3S.Pd/c1-19(2)22-17-23(20(3)4)27(24(18-22)21(5)6)28-25(32-13)15-16-26(33-14)29(28)34(30(7,8)9)31(10,11)12;13-12-9-5-4-8-11(12)10-6-2-1-3-7-10;2*1-5(2,3)4;/h15-21H,1-14H3;1-6,8-9H,13H2;2*1H3,(H,2,3,4);/q;;;;+2/p-2. The maximum absolute atomic E-state index is 9.08. The Morgan fingerprint density at radius 1 is 0.621 bits per heavy atom. The fraction of sp³-hybridized carbons (Fsp3) is 0.467. The number of nitrogen functional groups attached to an aromatic ring is 1. The Labute approximate surface area is 362 Å². The second-order valence-corrected chi connectivity index (χ2v) is 24.3.